The number of hydrogen-bond donors (Lipinski definition) is 0. The summed E-state index contributed by atoms with van der Waals surface area (Å²) in [5.74, 6) is 7.23. The summed E-state index contributed by atoms with van der Waals surface area (Å²) in [6.07, 6.45) is 3.55. The van der Waals surface area contributed by atoms with Gasteiger partial charge >= 0.3 is 99.8 Å². The second-order valence-corrected chi connectivity index (χ2v) is 23.2. The van der Waals surface area contributed by atoms with E-state index in [1.54, 1.807) is 0 Å². The zero-order chi connectivity index (χ0) is 33.3. The molecular formula is C41H38GeIrN2-2. The van der Waals surface area contributed by atoms with E-state index in [1.165, 1.54) is 32.1 Å². The van der Waals surface area contributed by atoms with Gasteiger partial charge in [-0.1, -0.05) is 84.6 Å². The van der Waals surface area contributed by atoms with Crippen molar-refractivity contribution in [3.05, 3.63) is 139 Å². The summed E-state index contributed by atoms with van der Waals surface area (Å²) in [6.45, 7) is 1.85. The van der Waals surface area contributed by atoms with Crippen LogP contribution in [0.15, 0.2) is 116 Å². The molecule has 0 atom stereocenters. The minimum absolute atomic E-state index is 0. The summed E-state index contributed by atoms with van der Waals surface area (Å²) >= 11 is -1.72. The van der Waals surface area contributed by atoms with E-state index in [4.69, 9.17) is 4.11 Å². The topological polar surface area (TPSA) is 25.8 Å². The number of pyridine rings is 2. The summed E-state index contributed by atoms with van der Waals surface area (Å²) in [5, 5.41) is 7.14. The van der Waals surface area contributed by atoms with Crippen molar-refractivity contribution in [1.82, 2.24) is 9.97 Å². The molecule has 227 valence electrons. The van der Waals surface area contributed by atoms with Crippen molar-refractivity contribution < 1.29 is 24.2 Å². The third-order valence-electron chi connectivity index (χ3n) is 8.12. The van der Waals surface area contributed by atoms with E-state index in [0.29, 0.717) is 5.56 Å². The predicted octanol–water partition coefficient (Wildman–Crippen LogP) is 10.5. The average molecular weight is 827 g/mol. The molecule has 0 saturated carbocycles. The quantitative estimate of drug-likeness (QED) is 0.100. The maximum atomic E-state index is 7.84. The van der Waals surface area contributed by atoms with Crippen molar-refractivity contribution in [1.29, 1.82) is 0 Å². The average Bonchev–Trinajstić information content (AvgIpc) is 3.08. The molecule has 0 aliphatic heterocycles. The van der Waals surface area contributed by atoms with Crippen molar-refractivity contribution in [3.8, 4) is 22.5 Å². The van der Waals surface area contributed by atoms with E-state index in [9.17, 15) is 0 Å². The van der Waals surface area contributed by atoms with Crippen LogP contribution in [0.3, 0.4) is 0 Å². The zero-order valence-corrected chi connectivity index (χ0v) is 30.8. The van der Waals surface area contributed by atoms with Crippen molar-refractivity contribution in [2.24, 2.45) is 0 Å². The molecule has 0 aliphatic rings. The molecule has 4 heteroatoms. The molecule has 7 aromatic rings. The fraction of sp³-hybridized carbons (Fsp3) is 0.171. The fourth-order valence-corrected chi connectivity index (χ4v) is 7.81. The number of aryl methyl sites for hydroxylation is 1. The number of rotatable bonds is 4. The molecule has 0 amide bonds. The van der Waals surface area contributed by atoms with Gasteiger partial charge in [0.05, 0.1) is 0 Å². The monoisotopic (exact) mass is 828 g/mol. The number of benzene rings is 5. The molecule has 5 aromatic carbocycles. The van der Waals surface area contributed by atoms with E-state index in [0.717, 1.165) is 38.9 Å². The molecule has 2 aromatic heterocycles. The Balaban J connectivity index is 0.000000224. The molecule has 1 radical (unpaired) electrons. The molecule has 0 fully saturated rings. The van der Waals surface area contributed by atoms with Crippen molar-refractivity contribution >= 4 is 50.0 Å². The third-order valence-corrected chi connectivity index (χ3v) is 12.4. The van der Waals surface area contributed by atoms with Crippen LogP contribution in [0.4, 0.5) is 0 Å². The van der Waals surface area contributed by atoms with Gasteiger partial charge in [-0.3, -0.25) is 0 Å². The van der Waals surface area contributed by atoms with Crippen LogP contribution in [0.2, 0.25) is 17.3 Å². The molecule has 0 saturated heterocycles. The predicted molar refractivity (Wildman–Crippen MR) is 191 cm³/mol. The second-order valence-electron chi connectivity index (χ2n) is 12.5. The Bertz CT molecular complexity index is 2150. The summed E-state index contributed by atoms with van der Waals surface area (Å²) in [4.78, 5) is 9.05. The van der Waals surface area contributed by atoms with Gasteiger partial charge in [0, 0.05) is 30.4 Å². The smallest absolute Gasteiger partial charge is 0 e. The third kappa shape index (κ3) is 6.97. The van der Waals surface area contributed by atoms with Crippen LogP contribution in [-0.2, 0) is 20.1 Å². The Morgan fingerprint density at radius 2 is 1.27 bits per heavy atom. The Morgan fingerprint density at radius 3 is 1.82 bits per heavy atom. The molecule has 0 N–H and O–H groups in total. The zero-order valence-electron chi connectivity index (χ0n) is 29.3. The van der Waals surface area contributed by atoms with Crippen LogP contribution < -0.4 is 4.40 Å². The first-order valence-corrected chi connectivity index (χ1v) is 22.5. The van der Waals surface area contributed by atoms with Gasteiger partial charge < -0.3 is 4.98 Å². The Morgan fingerprint density at radius 1 is 0.644 bits per heavy atom. The summed E-state index contributed by atoms with van der Waals surface area (Å²) in [7, 11) is 0. The summed E-state index contributed by atoms with van der Waals surface area (Å²) in [6, 6.07) is 41.9. The minimum atomic E-state index is -2.17. The molecular weight excluding hydrogens is 785 g/mol. The van der Waals surface area contributed by atoms with Crippen LogP contribution in [0, 0.1) is 19.0 Å². The second kappa shape index (κ2) is 13.8. The molecule has 0 aliphatic carbocycles. The Kier molecular flexibility index (Phi) is 8.83. The van der Waals surface area contributed by atoms with E-state index in [-0.39, 0.29) is 26.0 Å². The van der Waals surface area contributed by atoms with Crippen molar-refractivity contribution in [2.75, 3.05) is 0 Å². The molecule has 0 bridgehead atoms. The van der Waals surface area contributed by atoms with E-state index in [2.05, 4.69) is 106 Å². The molecule has 2 heterocycles. The first-order valence-electron chi connectivity index (χ1n) is 16.6. The fourth-order valence-electron chi connectivity index (χ4n) is 5.64. The van der Waals surface area contributed by atoms with Crippen LogP contribution in [0.25, 0.3) is 54.8 Å². The Hall–Kier alpha value is -3.63. The standard InChI is InChI=1S/C27H22N.C14H16GeN.Ir/c1-17(2)25-15-27(28-16-18(25)3)19-12-13-24-22-10-5-4-8-20(22)21-9-6-7-11-23(21)26(24)14-19;1-15(2,3)13-9-10-14(16-11-13)12-7-5-4-6-8-12;/h4-11,13-17H,1-3H3;4-7,9-11H,1-3H3;/q2*-1;/i3D3;;. The molecule has 0 spiro atoms. The minimum Gasteiger partial charge on any atom is 0 e. The molecule has 7 rings (SSSR count). The summed E-state index contributed by atoms with van der Waals surface area (Å²) in [5.41, 5.74) is 4.82. The van der Waals surface area contributed by atoms with Gasteiger partial charge in [0.25, 0.3) is 0 Å². The van der Waals surface area contributed by atoms with Gasteiger partial charge in [0.2, 0.25) is 0 Å². The van der Waals surface area contributed by atoms with Gasteiger partial charge in [0.1, 0.15) is 0 Å². The number of hydrogen-bond acceptors (Lipinski definition) is 2. The Labute approximate surface area is 287 Å². The van der Waals surface area contributed by atoms with Crippen LogP contribution >= 0.6 is 0 Å². The maximum absolute atomic E-state index is 7.84. The van der Waals surface area contributed by atoms with Crippen LogP contribution in [0.5, 0.6) is 0 Å². The van der Waals surface area contributed by atoms with Gasteiger partial charge in [-0.2, -0.15) is 0 Å². The van der Waals surface area contributed by atoms with E-state index >= 15 is 0 Å². The van der Waals surface area contributed by atoms with Gasteiger partial charge in [0.15, 0.2) is 0 Å². The largest absolute Gasteiger partial charge is 0 e. The van der Waals surface area contributed by atoms with Gasteiger partial charge in [-0.25, -0.2) is 0 Å². The van der Waals surface area contributed by atoms with Gasteiger partial charge in [-0.05, 0) is 45.7 Å². The first-order chi connectivity index (χ1) is 22.4. The number of fused-ring (bicyclic) bond motifs is 6. The normalized spacial score (nSPS) is 12.6. The molecule has 0 unspecified atom stereocenters. The van der Waals surface area contributed by atoms with Crippen molar-refractivity contribution in [3.63, 3.8) is 0 Å². The van der Waals surface area contributed by atoms with Gasteiger partial charge in [-0.15, -0.1) is 23.8 Å². The van der Waals surface area contributed by atoms with Crippen LogP contribution in [-0.4, -0.2) is 23.2 Å². The van der Waals surface area contributed by atoms with E-state index < -0.39 is 20.1 Å². The van der Waals surface area contributed by atoms with Crippen molar-refractivity contribution in [2.45, 2.75) is 43.9 Å². The van der Waals surface area contributed by atoms with Crippen LogP contribution in [0.1, 0.15) is 35.0 Å². The SMILES string of the molecule is [2H]C([2H])([2H])c1cnc(-c2[c-]cc3c4ccccc4c4ccccc4c3c2)cc1C(C)C.[CH3][Ge]([CH3])([CH3])[c]1ccc(-c2[c-]cccc2)nc1.[Ir]. The first kappa shape index (κ1) is 28.8. The van der Waals surface area contributed by atoms with E-state index in [1.807, 2.05) is 56.4 Å². The maximum Gasteiger partial charge on any atom is 0 e. The molecule has 2 nitrogen and oxygen atoms in total. The molecule has 45 heavy (non-hydrogen) atoms. The number of nitrogens with zero attached hydrogens (tertiary/aromatic N) is 2. The summed E-state index contributed by atoms with van der Waals surface area (Å²) < 4.78 is 25.0. The number of aromatic nitrogens is 2.